The molecule has 0 spiro atoms. The van der Waals surface area contributed by atoms with Gasteiger partial charge in [0.15, 0.2) is 0 Å². The van der Waals surface area contributed by atoms with E-state index in [0.29, 0.717) is 11.7 Å². The maximum Gasteiger partial charge on any atom is 0.123 e. The predicted octanol–water partition coefficient (Wildman–Crippen LogP) is 5.60. The quantitative estimate of drug-likeness (QED) is 0.757. The molecule has 0 heterocycles. The summed E-state index contributed by atoms with van der Waals surface area (Å²) in [6.45, 7) is 6.12. The Morgan fingerprint density at radius 2 is 1.43 bits per heavy atom. The predicted molar refractivity (Wildman–Crippen MR) is 90.6 cm³/mol. The van der Waals surface area contributed by atoms with E-state index in [1.807, 2.05) is 32.0 Å². The largest absolute Gasteiger partial charge is 0.507 e. The summed E-state index contributed by atoms with van der Waals surface area (Å²) >= 11 is 0. The molecule has 0 aromatic heterocycles. The molecule has 108 valence electrons. The van der Waals surface area contributed by atoms with Crippen molar-refractivity contribution in [1.82, 2.24) is 0 Å². The van der Waals surface area contributed by atoms with Crippen LogP contribution in [0, 0.1) is 6.92 Å². The summed E-state index contributed by atoms with van der Waals surface area (Å²) in [5.41, 5.74) is 4.52. The van der Waals surface area contributed by atoms with Crippen LogP contribution in [0.2, 0.25) is 0 Å². The van der Waals surface area contributed by atoms with Gasteiger partial charge in [0.2, 0.25) is 0 Å². The SMILES string of the molecule is CC.Cc1c(-c2ccccc2O)cccc1C1C=CC=C1. The number of aromatic hydroxyl groups is 1. The van der Waals surface area contributed by atoms with Crippen LogP contribution >= 0.6 is 0 Å². The molecule has 21 heavy (non-hydrogen) atoms. The molecule has 0 unspecified atom stereocenters. The fourth-order valence-corrected chi connectivity index (χ4v) is 2.65. The summed E-state index contributed by atoms with van der Waals surface area (Å²) in [5.74, 6) is 0.686. The Kier molecular flexibility index (Phi) is 4.99. The zero-order valence-corrected chi connectivity index (χ0v) is 12.9. The van der Waals surface area contributed by atoms with Crippen molar-refractivity contribution < 1.29 is 5.11 Å². The number of phenolic OH excluding ortho intramolecular Hbond substituents is 1. The average Bonchev–Trinajstić information content (AvgIpc) is 3.05. The molecule has 0 amide bonds. The van der Waals surface area contributed by atoms with Crippen LogP contribution in [0.3, 0.4) is 0 Å². The Morgan fingerprint density at radius 1 is 0.810 bits per heavy atom. The summed E-state index contributed by atoms with van der Waals surface area (Å²) in [4.78, 5) is 0. The van der Waals surface area contributed by atoms with Crippen LogP contribution in [-0.2, 0) is 0 Å². The van der Waals surface area contributed by atoms with E-state index in [1.165, 1.54) is 11.1 Å². The fourth-order valence-electron chi connectivity index (χ4n) is 2.65. The minimum atomic E-state index is 0.334. The zero-order chi connectivity index (χ0) is 15.2. The van der Waals surface area contributed by atoms with Crippen LogP contribution in [0.5, 0.6) is 5.75 Å². The van der Waals surface area contributed by atoms with Gasteiger partial charge in [0.1, 0.15) is 5.75 Å². The molecule has 0 fully saturated rings. The highest BCUT2D eigenvalue weighted by atomic mass is 16.3. The molecule has 0 saturated carbocycles. The molecule has 1 aliphatic carbocycles. The van der Waals surface area contributed by atoms with E-state index in [-0.39, 0.29) is 0 Å². The highest BCUT2D eigenvalue weighted by Crippen LogP contribution is 2.35. The number of para-hydroxylation sites is 1. The van der Waals surface area contributed by atoms with Gasteiger partial charge in [-0.1, -0.05) is 74.5 Å². The zero-order valence-electron chi connectivity index (χ0n) is 12.9. The van der Waals surface area contributed by atoms with Crippen LogP contribution in [0.15, 0.2) is 66.8 Å². The standard InChI is InChI=1S/C18H16O.C2H6/c1-13-15(14-7-2-3-8-14)10-6-11-16(13)17-9-4-5-12-18(17)19;1-2/h2-12,14,19H,1H3;1-2H3. The Balaban J connectivity index is 0.000000774. The lowest BCUT2D eigenvalue weighted by Gasteiger charge is -2.15. The molecule has 0 saturated heterocycles. The molecule has 0 aliphatic heterocycles. The van der Waals surface area contributed by atoms with E-state index >= 15 is 0 Å². The highest BCUT2D eigenvalue weighted by Gasteiger charge is 2.14. The number of benzene rings is 2. The summed E-state index contributed by atoms with van der Waals surface area (Å²) in [5, 5.41) is 10.0. The van der Waals surface area contributed by atoms with Gasteiger partial charge >= 0.3 is 0 Å². The van der Waals surface area contributed by atoms with Crippen molar-refractivity contribution in [3.05, 3.63) is 77.9 Å². The molecule has 1 N–H and O–H groups in total. The van der Waals surface area contributed by atoms with E-state index in [2.05, 4.69) is 49.4 Å². The van der Waals surface area contributed by atoms with Crippen LogP contribution < -0.4 is 0 Å². The van der Waals surface area contributed by atoms with E-state index in [9.17, 15) is 5.11 Å². The first-order valence-electron chi connectivity index (χ1n) is 7.50. The van der Waals surface area contributed by atoms with E-state index < -0.39 is 0 Å². The summed E-state index contributed by atoms with van der Waals surface area (Å²) < 4.78 is 0. The Hall–Kier alpha value is -2.28. The molecule has 0 atom stereocenters. The second kappa shape index (κ2) is 6.94. The first-order chi connectivity index (χ1) is 10.3. The minimum absolute atomic E-state index is 0.334. The number of phenols is 1. The van der Waals surface area contributed by atoms with Gasteiger partial charge in [0.25, 0.3) is 0 Å². The van der Waals surface area contributed by atoms with Gasteiger partial charge in [0.05, 0.1) is 0 Å². The molecule has 2 aromatic carbocycles. The third-order valence-electron chi connectivity index (χ3n) is 3.68. The third-order valence-corrected chi connectivity index (χ3v) is 3.68. The van der Waals surface area contributed by atoms with Gasteiger partial charge < -0.3 is 5.11 Å². The lowest BCUT2D eigenvalue weighted by atomic mass is 9.90. The van der Waals surface area contributed by atoms with Crippen molar-refractivity contribution in [2.45, 2.75) is 26.7 Å². The third kappa shape index (κ3) is 3.08. The first kappa shape index (κ1) is 15.1. The molecule has 0 radical (unpaired) electrons. The van der Waals surface area contributed by atoms with Crippen molar-refractivity contribution in [3.8, 4) is 16.9 Å². The number of rotatable bonds is 2. The average molecular weight is 278 g/mol. The summed E-state index contributed by atoms with van der Waals surface area (Å²) in [7, 11) is 0. The second-order valence-electron chi connectivity index (χ2n) is 4.83. The van der Waals surface area contributed by atoms with E-state index in [0.717, 1.165) is 11.1 Å². The molecular weight excluding hydrogens is 256 g/mol. The van der Waals surface area contributed by atoms with Gasteiger partial charge in [-0.05, 0) is 29.7 Å². The van der Waals surface area contributed by atoms with Gasteiger partial charge in [0, 0.05) is 11.5 Å². The summed E-state index contributed by atoms with van der Waals surface area (Å²) in [6.07, 6.45) is 8.54. The molecule has 1 nitrogen and oxygen atoms in total. The van der Waals surface area contributed by atoms with E-state index in [4.69, 9.17) is 0 Å². The fraction of sp³-hybridized carbons (Fsp3) is 0.200. The van der Waals surface area contributed by atoms with Gasteiger partial charge in [-0.25, -0.2) is 0 Å². The van der Waals surface area contributed by atoms with Gasteiger partial charge in [-0.2, -0.15) is 0 Å². The normalized spacial score (nSPS) is 13.1. The minimum Gasteiger partial charge on any atom is -0.507 e. The Morgan fingerprint density at radius 3 is 2.10 bits per heavy atom. The van der Waals surface area contributed by atoms with Crippen LogP contribution in [-0.4, -0.2) is 5.11 Å². The Labute approximate surface area is 127 Å². The lowest BCUT2D eigenvalue weighted by molar-refractivity contribution is 0.477. The number of hydrogen-bond acceptors (Lipinski definition) is 1. The van der Waals surface area contributed by atoms with Crippen molar-refractivity contribution in [2.24, 2.45) is 0 Å². The molecule has 2 aromatic rings. The second-order valence-corrected chi connectivity index (χ2v) is 4.83. The first-order valence-corrected chi connectivity index (χ1v) is 7.50. The molecule has 0 bridgehead atoms. The summed E-state index contributed by atoms with van der Waals surface area (Å²) in [6, 6.07) is 13.8. The number of hydrogen-bond donors (Lipinski definition) is 1. The number of allylic oxidation sites excluding steroid dienone is 4. The smallest absolute Gasteiger partial charge is 0.123 e. The van der Waals surface area contributed by atoms with Crippen LogP contribution in [0.4, 0.5) is 0 Å². The topological polar surface area (TPSA) is 20.2 Å². The molecule has 1 aliphatic rings. The van der Waals surface area contributed by atoms with Crippen molar-refractivity contribution >= 4 is 0 Å². The van der Waals surface area contributed by atoms with E-state index in [1.54, 1.807) is 6.07 Å². The molecular formula is C20H22O. The van der Waals surface area contributed by atoms with Gasteiger partial charge in [-0.15, -0.1) is 0 Å². The van der Waals surface area contributed by atoms with Crippen molar-refractivity contribution in [1.29, 1.82) is 0 Å². The lowest BCUT2D eigenvalue weighted by Crippen LogP contribution is -1.95. The van der Waals surface area contributed by atoms with Crippen LogP contribution in [0.1, 0.15) is 30.9 Å². The maximum atomic E-state index is 10.0. The van der Waals surface area contributed by atoms with Crippen molar-refractivity contribution in [2.75, 3.05) is 0 Å². The van der Waals surface area contributed by atoms with Crippen LogP contribution in [0.25, 0.3) is 11.1 Å². The monoisotopic (exact) mass is 278 g/mol. The van der Waals surface area contributed by atoms with Crippen molar-refractivity contribution in [3.63, 3.8) is 0 Å². The maximum absolute atomic E-state index is 10.0. The molecule has 1 heteroatoms. The molecule has 3 rings (SSSR count). The highest BCUT2D eigenvalue weighted by molar-refractivity contribution is 5.74. The van der Waals surface area contributed by atoms with Gasteiger partial charge in [-0.3, -0.25) is 0 Å². The Bertz CT molecular complexity index is 653.